The zero-order valence-corrected chi connectivity index (χ0v) is 13.7. The lowest BCUT2D eigenvalue weighted by molar-refractivity contribution is -0.00789. The number of aliphatic hydroxyl groups is 1. The van der Waals surface area contributed by atoms with Gasteiger partial charge >= 0.3 is 0 Å². The Hall–Kier alpha value is -0.940. The minimum Gasteiger partial charge on any atom is -0.388 e. The van der Waals surface area contributed by atoms with Crippen LogP contribution in [0.15, 0.2) is 22.7 Å². The molecule has 0 spiro atoms. The second-order valence-electron chi connectivity index (χ2n) is 5.88. The molecule has 3 nitrogen and oxygen atoms in total. The summed E-state index contributed by atoms with van der Waals surface area (Å²) in [5.41, 5.74) is -0.862. The van der Waals surface area contributed by atoms with E-state index >= 15 is 0 Å². The number of amides is 1. The number of carbonyl (C=O) groups excluding carboxylic acids is 1. The molecule has 5 heteroatoms. The summed E-state index contributed by atoms with van der Waals surface area (Å²) in [4.78, 5) is 12.0. The van der Waals surface area contributed by atoms with Crippen LogP contribution in [-0.4, -0.2) is 23.2 Å². The minimum absolute atomic E-state index is 0.00443. The van der Waals surface area contributed by atoms with E-state index in [1.54, 1.807) is 6.07 Å². The van der Waals surface area contributed by atoms with Crippen LogP contribution in [0.25, 0.3) is 0 Å². The third-order valence-corrected chi connectivity index (χ3v) is 4.86. The normalized spacial score (nSPS) is 25.6. The van der Waals surface area contributed by atoms with Gasteiger partial charge in [0.1, 0.15) is 5.82 Å². The lowest BCUT2D eigenvalue weighted by Gasteiger charge is -2.35. The van der Waals surface area contributed by atoms with Crippen molar-refractivity contribution in [2.45, 2.75) is 44.6 Å². The van der Waals surface area contributed by atoms with Gasteiger partial charge in [-0.25, -0.2) is 4.39 Å². The molecule has 116 valence electrons. The fourth-order valence-corrected chi connectivity index (χ4v) is 3.17. The first-order valence-corrected chi connectivity index (χ1v) is 8.18. The Morgan fingerprint density at radius 1 is 1.48 bits per heavy atom. The molecule has 1 aromatic rings. The van der Waals surface area contributed by atoms with Crippen molar-refractivity contribution < 1.29 is 14.3 Å². The predicted molar refractivity (Wildman–Crippen MR) is 83.6 cm³/mol. The predicted octanol–water partition coefficient (Wildman–Crippen LogP) is 3.65. The first-order chi connectivity index (χ1) is 9.93. The molecule has 1 fully saturated rings. The zero-order valence-electron chi connectivity index (χ0n) is 12.2. The van der Waals surface area contributed by atoms with Gasteiger partial charge < -0.3 is 10.4 Å². The van der Waals surface area contributed by atoms with Gasteiger partial charge in [-0.2, -0.15) is 0 Å². The summed E-state index contributed by atoms with van der Waals surface area (Å²) in [6.07, 6.45) is 4.47. The SMILES string of the molecule is CCC1CCC(O)(CNC(=O)c2cc(Br)ccc2F)CC1. The summed E-state index contributed by atoms with van der Waals surface area (Å²) in [7, 11) is 0. The van der Waals surface area contributed by atoms with Crippen molar-refractivity contribution in [3.05, 3.63) is 34.1 Å². The molecule has 1 aliphatic carbocycles. The molecule has 0 atom stereocenters. The maximum Gasteiger partial charge on any atom is 0.254 e. The second kappa shape index (κ2) is 6.88. The average molecular weight is 358 g/mol. The monoisotopic (exact) mass is 357 g/mol. The molecule has 2 rings (SSSR count). The van der Waals surface area contributed by atoms with Gasteiger partial charge in [-0.3, -0.25) is 4.79 Å². The van der Waals surface area contributed by atoms with Crippen LogP contribution >= 0.6 is 15.9 Å². The van der Waals surface area contributed by atoms with E-state index in [2.05, 4.69) is 28.2 Å². The minimum atomic E-state index is -0.857. The van der Waals surface area contributed by atoms with Crippen molar-refractivity contribution in [3.8, 4) is 0 Å². The molecular weight excluding hydrogens is 337 g/mol. The zero-order chi connectivity index (χ0) is 15.5. The number of carbonyl (C=O) groups is 1. The highest BCUT2D eigenvalue weighted by molar-refractivity contribution is 9.10. The van der Waals surface area contributed by atoms with Gasteiger partial charge in [0.25, 0.3) is 5.91 Å². The van der Waals surface area contributed by atoms with Crippen LogP contribution in [0.5, 0.6) is 0 Å². The van der Waals surface area contributed by atoms with Gasteiger partial charge in [0, 0.05) is 11.0 Å². The Bertz CT molecular complexity index is 513. The summed E-state index contributed by atoms with van der Waals surface area (Å²) in [6, 6.07) is 4.24. The Labute approximate surface area is 133 Å². The van der Waals surface area contributed by atoms with Crippen LogP contribution in [0.4, 0.5) is 4.39 Å². The van der Waals surface area contributed by atoms with Crippen molar-refractivity contribution in [1.82, 2.24) is 5.32 Å². The summed E-state index contributed by atoms with van der Waals surface area (Å²) in [5.74, 6) is -0.374. The lowest BCUT2D eigenvalue weighted by Crippen LogP contribution is -2.45. The highest BCUT2D eigenvalue weighted by atomic mass is 79.9. The fourth-order valence-electron chi connectivity index (χ4n) is 2.81. The van der Waals surface area contributed by atoms with Crippen molar-refractivity contribution in [2.75, 3.05) is 6.54 Å². The molecule has 0 unspecified atom stereocenters. The molecule has 1 amide bonds. The van der Waals surface area contributed by atoms with Gasteiger partial charge in [0.2, 0.25) is 0 Å². The molecule has 0 aliphatic heterocycles. The third-order valence-electron chi connectivity index (χ3n) is 4.36. The van der Waals surface area contributed by atoms with Crippen molar-refractivity contribution in [2.24, 2.45) is 5.92 Å². The Kier molecular flexibility index (Phi) is 5.38. The largest absolute Gasteiger partial charge is 0.388 e. The number of hydrogen-bond donors (Lipinski definition) is 2. The Morgan fingerprint density at radius 2 is 2.14 bits per heavy atom. The van der Waals surface area contributed by atoms with Gasteiger partial charge in [-0.1, -0.05) is 29.3 Å². The average Bonchev–Trinajstić information content (AvgIpc) is 2.48. The quantitative estimate of drug-likeness (QED) is 0.863. The Morgan fingerprint density at radius 3 is 2.76 bits per heavy atom. The standard InChI is InChI=1S/C16H21BrFNO2/c1-2-11-5-7-16(21,8-6-11)10-19-15(20)13-9-12(17)3-4-14(13)18/h3-4,9,11,21H,2,5-8,10H2,1H3,(H,19,20). The molecule has 0 aromatic heterocycles. The molecule has 21 heavy (non-hydrogen) atoms. The van der Waals surface area contributed by atoms with E-state index in [4.69, 9.17) is 0 Å². The summed E-state index contributed by atoms with van der Waals surface area (Å²) in [5, 5.41) is 13.1. The molecule has 0 heterocycles. The number of nitrogens with one attached hydrogen (secondary N) is 1. The molecule has 1 aliphatic rings. The van der Waals surface area contributed by atoms with Crippen LogP contribution in [-0.2, 0) is 0 Å². The highest BCUT2D eigenvalue weighted by Crippen LogP contribution is 2.33. The van der Waals surface area contributed by atoms with Gasteiger partial charge in [-0.05, 0) is 49.8 Å². The maximum absolute atomic E-state index is 13.6. The van der Waals surface area contributed by atoms with E-state index in [1.807, 2.05) is 0 Å². The van der Waals surface area contributed by atoms with Gasteiger partial charge in [0.05, 0.1) is 11.2 Å². The first-order valence-electron chi connectivity index (χ1n) is 7.39. The number of hydrogen-bond acceptors (Lipinski definition) is 2. The summed E-state index contributed by atoms with van der Waals surface area (Å²) >= 11 is 3.22. The molecule has 0 radical (unpaired) electrons. The summed E-state index contributed by atoms with van der Waals surface area (Å²) in [6.45, 7) is 2.33. The summed E-state index contributed by atoms with van der Waals surface area (Å²) < 4.78 is 14.3. The van der Waals surface area contributed by atoms with E-state index in [0.717, 1.165) is 19.3 Å². The van der Waals surface area contributed by atoms with Crippen molar-refractivity contribution in [1.29, 1.82) is 0 Å². The highest BCUT2D eigenvalue weighted by Gasteiger charge is 2.33. The molecule has 0 saturated heterocycles. The van der Waals surface area contributed by atoms with Crippen molar-refractivity contribution >= 4 is 21.8 Å². The molecule has 0 bridgehead atoms. The fraction of sp³-hybridized carbons (Fsp3) is 0.562. The topological polar surface area (TPSA) is 49.3 Å². The van der Waals surface area contributed by atoms with Crippen LogP contribution < -0.4 is 5.32 Å². The van der Waals surface area contributed by atoms with E-state index < -0.39 is 17.3 Å². The van der Waals surface area contributed by atoms with E-state index in [9.17, 15) is 14.3 Å². The van der Waals surface area contributed by atoms with Gasteiger partial charge in [0.15, 0.2) is 0 Å². The van der Waals surface area contributed by atoms with Crippen molar-refractivity contribution in [3.63, 3.8) is 0 Å². The lowest BCUT2D eigenvalue weighted by atomic mass is 9.78. The van der Waals surface area contributed by atoms with E-state index in [1.165, 1.54) is 12.1 Å². The molecule has 1 aromatic carbocycles. The molecular formula is C16H21BrFNO2. The number of halogens is 2. The second-order valence-corrected chi connectivity index (χ2v) is 6.80. The van der Waals surface area contributed by atoms with Gasteiger partial charge in [-0.15, -0.1) is 0 Å². The Balaban J connectivity index is 1.93. The van der Waals surface area contributed by atoms with Crippen LogP contribution in [0.3, 0.4) is 0 Å². The first kappa shape index (κ1) is 16.4. The molecule has 1 saturated carbocycles. The maximum atomic E-state index is 13.6. The van der Waals surface area contributed by atoms with E-state index in [0.29, 0.717) is 23.2 Å². The number of rotatable bonds is 4. The van der Waals surface area contributed by atoms with Crippen LogP contribution in [0, 0.1) is 11.7 Å². The number of benzene rings is 1. The van der Waals surface area contributed by atoms with Crippen LogP contribution in [0.2, 0.25) is 0 Å². The van der Waals surface area contributed by atoms with Crippen LogP contribution in [0.1, 0.15) is 49.4 Å². The smallest absolute Gasteiger partial charge is 0.254 e. The molecule has 2 N–H and O–H groups in total. The third kappa shape index (κ3) is 4.27. The van der Waals surface area contributed by atoms with E-state index in [-0.39, 0.29) is 12.1 Å².